The summed E-state index contributed by atoms with van der Waals surface area (Å²) >= 11 is 0. The minimum atomic E-state index is -0.674. The van der Waals surface area contributed by atoms with Crippen molar-refractivity contribution >= 4 is 29.4 Å². The number of fused-ring (bicyclic) bond motifs is 1. The second-order valence-electron chi connectivity index (χ2n) is 14.2. The summed E-state index contributed by atoms with van der Waals surface area (Å²) in [6.45, 7) is 6.74. The normalized spacial score (nSPS) is 14.3. The summed E-state index contributed by atoms with van der Waals surface area (Å²) in [6, 6.07) is 30.5. The molecule has 0 spiro atoms. The number of ether oxygens (including phenoxy) is 3. The maximum absolute atomic E-state index is 14.4. The van der Waals surface area contributed by atoms with Gasteiger partial charge in [-0.1, -0.05) is 60.7 Å². The molecule has 0 radical (unpaired) electrons. The first kappa shape index (κ1) is 36.9. The standard InChI is InChI=1S/C43H45N3O7/c1-43(2,3)53-42(50)45-21-19-35(32-16-11-15-31(25-32)30-13-7-6-8-14-30)38(28-45)39(47)44(4)27-29-23-33(51-5)26-34(24-29)52-22-12-20-46-40(48)36-17-9-10-18-37(36)41(46)49/h6-11,13-18,23-26H,12,19-22,27-28H2,1-5H3. The van der Waals surface area contributed by atoms with Crippen LogP contribution in [0.4, 0.5) is 4.79 Å². The number of likely N-dealkylation sites (N-methyl/N-ethyl adjacent to an activating group) is 1. The zero-order chi connectivity index (χ0) is 37.7. The van der Waals surface area contributed by atoms with Crippen molar-refractivity contribution in [3.8, 4) is 22.6 Å². The Labute approximate surface area is 310 Å². The van der Waals surface area contributed by atoms with Crippen molar-refractivity contribution < 1.29 is 33.4 Å². The first-order valence-electron chi connectivity index (χ1n) is 17.8. The number of rotatable bonds is 11. The molecule has 0 saturated heterocycles. The van der Waals surface area contributed by atoms with Crippen LogP contribution < -0.4 is 9.47 Å². The van der Waals surface area contributed by atoms with E-state index in [2.05, 4.69) is 24.3 Å². The Balaban J connectivity index is 1.18. The van der Waals surface area contributed by atoms with Crippen LogP contribution in [0.15, 0.2) is 103 Å². The van der Waals surface area contributed by atoms with E-state index >= 15 is 0 Å². The first-order chi connectivity index (χ1) is 25.4. The highest BCUT2D eigenvalue weighted by Gasteiger charge is 2.35. The first-order valence-corrected chi connectivity index (χ1v) is 17.8. The van der Waals surface area contributed by atoms with E-state index in [9.17, 15) is 19.2 Å². The van der Waals surface area contributed by atoms with Crippen LogP contribution in [0.1, 0.15) is 65.5 Å². The molecule has 0 aliphatic carbocycles. The highest BCUT2D eigenvalue weighted by molar-refractivity contribution is 6.21. The Kier molecular flexibility index (Phi) is 11.0. The second kappa shape index (κ2) is 15.8. The van der Waals surface area contributed by atoms with Crippen molar-refractivity contribution in [2.24, 2.45) is 0 Å². The maximum Gasteiger partial charge on any atom is 0.410 e. The maximum atomic E-state index is 14.4. The van der Waals surface area contributed by atoms with Gasteiger partial charge in [0, 0.05) is 38.3 Å². The minimum absolute atomic E-state index is 0.114. The summed E-state index contributed by atoms with van der Waals surface area (Å²) in [6.07, 6.45) is 0.470. The highest BCUT2D eigenvalue weighted by atomic mass is 16.6. The summed E-state index contributed by atoms with van der Waals surface area (Å²) in [7, 11) is 3.30. The summed E-state index contributed by atoms with van der Waals surface area (Å²) in [5, 5.41) is 0. The van der Waals surface area contributed by atoms with Crippen molar-refractivity contribution in [3.63, 3.8) is 0 Å². The van der Waals surface area contributed by atoms with Crippen LogP contribution in [0.3, 0.4) is 0 Å². The number of hydrogen-bond acceptors (Lipinski definition) is 7. The Morgan fingerprint density at radius 2 is 1.43 bits per heavy atom. The van der Waals surface area contributed by atoms with Crippen molar-refractivity contribution in [1.82, 2.24) is 14.7 Å². The number of amides is 4. The molecule has 2 aliphatic heterocycles. The molecule has 0 atom stereocenters. The summed E-state index contributed by atoms with van der Waals surface area (Å²) in [4.78, 5) is 57.5. The van der Waals surface area contributed by atoms with Gasteiger partial charge in [-0.15, -0.1) is 0 Å². The lowest BCUT2D eigenvalue weighted by Crippen LogP contribution is -2.43. The van der Waals surface area contributed by atoms with Crippen LogP contribution in [0.5, 0.6) is 11.5 Å². The number of carbonyl (C=O) groups is 4. The van der Waals surface area contributed by atoms with Gasteiger partial charge in [0.2, 0.25) is 0 Å². The number of methoxy groups -OCH3 is 1. The topological polar surface area (TPSA) is 106 Å². The number of benzene rings is 4. The smallest absolute Gasteiger partial charge is 0.410 e. The largest absolute Gasteiger partial charge is 0.497 e. The molecule has 4 aromatic carbocycles. The predicted octanol–water partition coefficient (Wildman–Crippen LogP) is 7.48. The van der Waals surface area contributed by atoms with Crippen molar-refractivity contribution in [2.75, 3.05) is 40.4 Å². The average Bonchev–Trinajstić information content (AvgIpc) is 3.40. The quantitative estimate of drug-likeness (QED) is 0.117. The zero-order valence-electron chi connectivity index (χ0n) is 30.9. The molecule has 4 aromatic rings. The van der Waals surface area contributed by atoms with Crippen molar-refractivity contribution in [1.29, 1.82) is 0 Å². The fourth-order valence-electron chi connectivity index (χ4n) is 6.63. The van der Waals surface area contributed by atoms with E-state index in [1.165, 1.54) is 4.90 Å². The minimum Gasteiger partial charge on any atom is -0.497 e. The summed E-state index contributed by atoms with van der Waals surface area (Å²) in [5.74, 6) is 0.302. The Hall–Kier alpha value is -5.90. The average molecular weight is 716 g/mol. The summed E-state index contributed by atoms with van der Waals surface area (Å²) in [5.41, 5.74) is 5.42. The molecule has 0 aromatic heterocycles. The van der Waals surface area contributed by atoms with Crippen molar-refractivity contribution in [3.05, 3.63) is 125 Å². The third-order valence-corrected chi connectivity index (χ3v) is 9.19. The molecule has 0 N–H and O–H groups in total. The van der Waals surface area contributed by atoms with E-state index in [0.29, 0.717) is 47.6 Å². The third kappa shape index (κ3) is 8.60. The van der Waals surface area contributed by atoms with E-state index in [1.54, 1.807) is 54.3 Å². The molecule has 274 valence electrons. The van der Waals surface area contributed by atoms with E-state index in [0.717, 1.165) is 27.8 Å². The third-order valence-electron chi connectivity index (χ3n) is 9.19. The molecule has 2 aliphatic rings. The number of imide groups is 1. The molecular weight excluding hydrogens is 670 g/mol. The van der Waals surface area contributed by atoms with E-state index < -0.39 is 11.7 Å². The van der Waals surface area contributed by atoms with Crippen molar-refractivity contribution in [2.45, 2.75) is 45.8 Å². The van der Waals surface area contributed by atoms with Crippen LogP contribution in [-0.2, 0) is 16.1 Å². The molecule has 10 heteroatoms. The lowest BCUT2D eigenvalue weighted by Gasteiger charge is -2.33. The molecular formula is C43H45N3O7. The molecule has 53 heavy (non-hydrogen) atoms. The van der Waals surface area contributed by atoms with E-state index in [4.69, 9.17) is 14.2 Å². The molecule has 4 amide bonds. The van der Waals surface area contributed by atoms with Gasteiger partial charge < -0.3 is 24.0 Å². The fraction of sp³-hybridized carbons (Fsp3) is 0.302. The number of nitrogens with zero attached hydrogens (tertiary/aromatic N) is 3. The van der Waals surface area contributed by atoms with Crippen LogP contribution >= 0.6 is 0 Å². The van der Waals surface area contributed by atoms with Crippen LogP contribution in [0.2, 0.25) is 0 Å². The van der Waals surface area contributed by atoms with Gasteiger partial charge in [-0.05, 0) is 91.8 Å². The van der Waals surface area contributed by atoms with Gasteiger partial charge in [-0.25, -0.2) is 4.79 Å². The van der Waals surface area contributed by atoms with Gasteiger partial charge in [-0.2, -0.15) is 0 Å². The predicted molar refractivity (Wildman–Crippen MR) is 203 cm³/mol. The van der Waals surface area contributed by atoms with Gasteiger partial charge in [0.05, 0.1) is 31.4 Å². The SMILES string of the molecule is COc1cc(CN(C)C(=O)C2=C(c3cccc(-c4ccccc4)c3)CCN(C(=O)OC(C)(C)C)C2)cc(OCCCN2C(=O)c3ccccc3C2=O)c1. The number of carbonyl (C=O) groups excluding carboxylic acids is 4. The van der Waals surface area contributed by atoms with Gasteiger partial charge in [0.1, 0.15) is 17.1 Å². The van der Waals surface area contributed by atoms with Gasteiger partial charge >= 0.3 is 6.09 Å². The number of hydrogen-bond donors (Lipinski definition) is 0. The molecule has 6 rings (SSSR count). The Bertz CT molecular complexity index is 2020. The Morgan fingerprint density at radius 1 is 0.792 bits per heavy atom. The molecule has 0 saturated carbocycles. The van der Waals surface area contributed by atoms with Gasteiger partial charge in [-0.3, -0.25) is 19.3 Å². The molecule has 0 fully saturated rings. The van der Waals surface area contributed by atoms with Crippen LogP contribution in [0.25, 0.3) is 16.7 Å². The monoisotopic (exact) mass is 715 g/mol. The van der Waals surface area contributed by atoms with Crippen LogP contribution in [-0.4, -0.2) is 84.5 Å². The van der Waals surface area contributed by atoms with Gasteiger partial charge in [0.25, 0.3) is 17.7 Å². The second-order valence-corrected chi connectivity index (χ2v) is 14.2. The van der Waals surface area contributed by atoms with E-state index in [1.807, 2.05) is 63.2 Å². The molecule has 0 bridgehead atoms. The molecule has 0 unspecified atom stereocenters. The van der Waals surface area contributed by atoms with Gasteiger partial charge in [0.15, 0.2) is 0 Å². The summed E-state index contributed by atoms with van der Waals surface area (Å²) < 4.78 is 17.3. The lowest BCUT2D eigenvalue weighted by atomic mass is 9.90. The lowest BCUT2D eigenvalue weighted by molar-refractivity contribution is -0.126. The fourth-order valence-corrected chi connectivity index (χ4v) is 6.63. The van der Waals surface area contributed by atoms with Crippen LogP contribution in [0, 0.1) is 0 Å². The molecule has 2 heterocycles. The highest BCUT2D eigenvalue weighted by Crippen LogP contribution is 2.33. The molecule has 10 nitrogen and oxygen atoms in total. The Morgan fingerprint density at radius 3 is 2.11 bits per heavy atom. The zero-order valence-corrected chi connectivity index (χ0v) is 30.9. The van der Waals surface area contributed by atoms with E-state index in [-0.39, 0.29) is 44.0 Å².